The molecular formula is C24H27N5O5S. The Bertz CT molecular complexity index is 1370. The summed E-state index contributed by atoms with van der Waals surface area (Å²) in [7, 11) is -3.77. The van der Waals surface area contributed by atoms with Gasteiger partial charge in [-0.1, -0.05) is 31.4 Å². The van der Waals surface area contributed by atoms with Gasteiger partial charge in [-0.3, -0.25) is 9.20 Å². The minimum atomic E-state index is -3.77. The lowest BCUT2D eigenvalue weighted by atomic mass is 9.96. The van der Waals surface area contributed by atoms with E-state index in [1.807, 2.05) is 0 Å². The van der Waals surface area contributed by atoms with Crippen LogP contribution >= 0.6 is 0 Å². The first kappa shape index (κ1) is 23.3. The molecule has 0 atom stereocenters. The Morgan fingerprint density at radius 3 is 2.34 bits per heavy atom. The molecule has 2 saturated carbocycles. The molecule has 35 heavy (non-hydrogen) atoms. The van der Waals surface area contributed by atoms with Gasteiger partial charge in [-0.05, 0) is 37.8 Å². The molecular weight excluding hydrogens is 470 g/mol. The Morgan fingerprint density at radius 2 is 1.69 bits per heavy atom. The van der Waals surface area contributed by atoms with E-state index < -0.39 is 15.9 Å². The number of aromatic nitrogens is 3. The highest BCUT2D eigenvalue weighted by Gasteiger charge is 2.25. The van der Waals surface area contributed by atoms with Crippen molar-refractivity contribution in [3.63, 3.8) is 0 Å². The van der Waals surface area contributed by atoms with Crippen LogP contribution in [-0.4, -0.2) is 53.1 Å². The second-order valence-electron chi connectivity index (χ2n) is 9.19. The molecule has 0 bridgehead atoms. The van der Waals surface area contributed by atoms with Gasteiger partial charge in [-0.15, -0.1) is 0 Å². The summed E-state index contributed by atoms with van der Waals surface area (Å²) in [4.78, 5) is 33.1. The lowest BCUT2D eigenvalue weighted by Gasteiger charge is -2.22. The maximum atomic E-state index is 12.5. The van der Waals surface area contributed by atoms with Crippen molar-refractivity contribution in [2.75, 3.05) is 6.26 Å². The minimum absolute atomic E-state index is 0.0359. The van der Waals surface area contributed by atoms with Crippen molar-refractivity contribution in [1.29, 1.82) is 0 Å². The number of imidazole rings is 1. The van der Waals surface area contributed by atoms with Crippen molar-refractivity contribution in [1.82, 2.24) is 25.0 Å². The maximum absolute atomic E-state index is 12.5. The molecule has 2 aliphatic carbocycles. The monoisotopic (exact) mass is 497 g/mol. The van der Waals surface area contributed by atoms with Crippen molar-refractivity contribution in [2.45, 2.75) is 62.1 Å². The van der Waals surface area contributed by atoms with E-state index in [0.717, 1.165) is 51.2 Å². The molecule has 2 fully saturated rings. The lowest BCUT2D eigenvalue weighted by molar-refractivity contribution is 0.0951. The van der Waals surface area contributed by atoms with Crippen LogP contribution in [0.15, 0.2) is 41.7 Å². The fourth-order valence-electron chi connectivity index (χ4n) is 4.28. The zero-order chi connectivity index (χ0) is 24.6. The van der Waals surface area contributed by atoms with Crippen LogP contribution in [-0.2, 0) is 9.84 Å². The first-order chi connectivity index (χ1) is 16.8. The molecule has 0 unspecified atom stereocenters. The zero-order valence-corrected chi connectivity index (χ0v) is 20.2. The summed E-state index contributed by atoms with van der Waals surface area (Å²) in [5.74, 6) is -0.272. The van der Waals surface area contributed by atoms with Gasteiger partial charge < -0.3 is 15.4 Å². The third kappa shape index (κ3) is 5.29. The van der Waals surface area contributed by atoms with Crippen molar-refractivity contribution in [3.8, 4) is 17.1 Å². The van der Waals surface area contributed by atoms with E-state index in [4.69, 9.17) is 4.74 Å². The number of benzene rings is 1. The number of carbonyl (C=O) groups is 2. The first-order valence-electron chi connectivity index (χ1n) is 11.8. The minimum Gasteiger partial charge on any atom is -0.390 e. The van der Waals surface area contributed by atoms with Crippen LogP contribution in [0.25, 0.3) is 16.9 Å². The van der Waals surface area contributed by atoms with E-state index in [2.05, 4.69) is 20.6 Å². The third-order valence-electron chi connectivity index (χ3n) is 6.27. The average Bonchev–Trinajstić information content (AvgIpc) is 3.54. The number of rotatable bonds is 6. The van der Waals surface area contributed by atoms with Gasteiger partial charge in [0.15, 0.2) is 15.5 Å². The molecule has 1 aromatic carbocycles. The zero-order valence-electron chi connectivity index (χ0n) is 19.4. The fraction of sp³-hybridized carbons (Fsp3) is 0.417. The standard InChI is InChI=1S/C24H27N5O5S/c1-35(32,33)23-21-25-13-19(15-7-9-16(10-8-15)22(30)26-18-11-12-18)29(21)14-20(28-23)34-24(31)27-17-5-3-2-4-6-17/h7-10,13-14,17-18H,2-6,11-12H2,1H3,(H,26,30)(H,27,31). The number of ether oxygens (including phenoxy) is 1. The Hall–Kier alpha value is -3.47. The van der Waals surface area contributed by atoms with Crippen LogP contribution in [0.2, 0.25) is 0 Å². The number of hydrogen-bond donors (Lipinski definition) is 2. The van der Waals surface area contributed by atoms with Gasteiger partial charge in [0.2, 0.25) is 10.9 Å². The fourth-order valence-corrected chi connectivity index (χ4v) is 5.02. The van der Waals surface area contributed by atoms with Crippen molar-refractivity contribution in [3.05, 3.63) is 42.2 Å². The van der Waals surface area contributed by atoms with E-state index in [-0.39, 0.29) is 34.5 Å². The van der Waals surface area contributed by atoms with E-state index >= 15 is 0 Å². The van der Waals surface area contributed by atoms with Gasteiger partial charge in [0, 0.05) is 29.5 Å². The number of sulfone groups is 1. The molecule has 0 aliphatic heterocycles. The van der Waals surface area contributed by atoms with Crippen LogP contribution in [0.5, 0.6) is 5.88 Å². The van der Waals surface area contributed by atoms with Crippen LogP contribution in [0.1, 0.15) is 55.3 Å². The second kappa shape index (κ2) is 9.29. The Morgan fingerprint density at radius 1 is 1.00 bits per heavy atom. The van der Waals surface area contributed by atoms with E-state index in [9.17, 15) is 18.0 Å². The predicted molar refractivity (Wildman–Crippen MR) is 128 cm³/mol. The summed E-state index contributed by atoms with van der Waals surface area (Å²) in [6.07, 6.45) is 10.4. The molecule has 5 rings (SSSR count). The molecule has 2 aliphatic rings. The quantitative estimate of drug-likeness (QED) is 0.535. The molecule has 0 saturated heterocycles. The topological polar surface area (TPSA) is 132 Å². The summed E-state index contributed by atoms with van der Waals surface area (Å²) in [5.41, 5.74) is 1.94. The van der Waals surface area contributed by atoms with Crippen molar-refractivity contribution < 1.29 is 22.7 Å². The largest absolute Gasteiger partial charge is 0.414 e. The normalized spacial score (nSPS) is 16.7. The van der Waals surface area contributed by atoms with Crippen LogP contribution in [0.4, 0.5) is 4.79 Å². The lowest BCUT2D eigenvalue weighted by Crippen LogP contribution is -2.38. The van der Waals surface area contributed by atoms with Gasteiger partial charge in [0.05, 0.1) is 18.1 Å². The number of carbonyl (C=O) groups excluding carboxylic acids is 2. The molecule has 184 valence electrons. The Balaban J connectivity index is 1.45. The Labute approximate surface area is 203 Å². The molecule has 2 N–H and O–H groups in total. The van der Waals surface area contributed by atoms with Gasteiger partial charge >= 0.3 is 6.09 Å². The van der Waals surface area contributed by atoms with Gasteiger partial charge in [-0.2, -0.15) is 4.98 Å². The van der Waals surface area contributed by atoms with Crippen molar-refractivity contribution >= 4 is 27.5 Å². The highest BCUT2D eigenvalue weighted by atomic mass is 32.2. The highest BCUT2D eigenvalue weighted by molar-refractivity contribution is 7.90. The second-order valence-corrected chi connectivity index (χ2v) is 11.1. The average molecular weight is 498 g/mol. The molecule has 0 spiro atoms. The van der Waals surface area contributed by atoms with Crippen LogP contribution in [0.3, 0.4) is 0 Å². The number of hydrogen-bond acceptors (Lipinski definition) is 7. The number of nitrogens with one attached hydrogen (secondary N) is 2. The van der Waals surface area contributed by atoms with Gasteiger partial charge in [0.25, 0.3) is 5.91 Å². The molecule has 0 radical (unpaired) electrons. The number of amides is 2. The SMILES string of the molecule is CS(=O)(=O)c1nc(OC(=O)NC2CCCCC2)cn2c(-c3ccc(C(=O)NC4CC4)cc3)cnc12. The van der Waals surface area contributed by atoms with E-state index in [0.29, 0.717) is 16.8 Å². The van der Waals surface area contributed by atoms with Crippen molar-refractivity contribution in [2.24, 2.45) is 0 Å². The summed E-state index contributed by atoms with van der Waals surface area (Å²) < 4.78 is 31.8. The van der Waals surface area contributed by atoms with E-state index in [1.165, 1.54) is 16.8 Å². The number of nitrogens with zero attached hydrogens (tertiary/aromatic N) is 3. The van der Waals surface area contributed by atoms with Crippen LogP contribution in [0, 0.1) is 0 Å². The van der Waals surface area contributed by atoms with Crippen LogP contribution < -0.4 is 15.4 Å². The summed E-state index contributed by atoms with van der Waals surface area (Å²) in [6, 6.07) is 7.25. The molecule has 2 amide bonds. The maximum Gasteiger partial charge on any atom is 0.414 e. The number of fused-ring (bicyclic) bond motifs is 1. The highest BCUT2D eigenvalue weighted by Crippen LogP contribution is 2.27. The van der Waals surface area contributed by atoms with E-state index in [1.54, 1.807) is 24.3 Å². The molecule has 2 aromatic heterocycles. The first-order valence-corrected chi connectivity index (χ1v) is 13.6. The predicted octanol–water partition coefficient (Wildman–Crippen LogP) is 3.11. The molecule has 10 nitrogen and oxygen atoms in total. The smallest absolute Gasteiger partial charge is 0.390 e. The summed E-state index contributed by atoms with van der Waals surface area (Å²) in [6.45, 7) is 0. The summed E-state index contributed by atoms with van der Waals surface area (Å²) >= 11 is 0. The Kier molecular flexibility index (Phi) is 6.18. The third-order valence-corrected chi connectivity index (χ3v) is 7.25. The molecule has 3 aromatic rings. The van der Waals surface area contributed by atoms with Gasteiger partial charge in [0.1, 0.15) is 0 Å². The molecule has 11 heteroatoms. The summed E-state index contributed by atoms with van der Waals surface area (Å²) in [5, 5.41) is 5.50. The molecule has 2 heterocycles. The van der Waals surface area contributed by atoms with Gasteiger partial charge in [-0.25, -0.2) is 18.2 Å².